The number of carbonyl (C=O) groups is 1. The van der Waals surface area contributed by atoms with Gasteiger partial charge in [-0.25, -0.2) is 0 Å². The first kappa shape index (κ1) is 20.4. The summed E-state index contributed by atoms with van der Waals surface area (Å²) in [6.45, 7) is 2.60. The van der Waals surface area contributed by atoms with Crippen LogP contribution in [0.1, 0.15) is 76.7 Å². The molecule has 0 spiro atoms. The first-order valence-electron chi connectivity index (χ1n) is 10.6. The standard InChI is InChI=1S/C23H32BrNO2/c1-2-27-22-15-14-19(24)17-18(22)13-16-23(26)25(20-9-5-3-6-10-20)21-11-7-4-8-12-21/h13-17,20-21H,2-12H2,1H3/b16-13+. The third kappa shape index (κ3) is 5.60. The van der Waals surface area contributed by atoms with Crippen LogP contribution in [-0.4, -0.2) is 29.5 Å². The third-order valence-corrected chi connectivity index (χ3v) is 6.36. The first-order valence-corrected chi connectivity index (χ1v) is 11.4. The van der Waals surface area contributed by atoms with Crippen molar-refractivity contribution in [1.29, 1.82) is 0 Å². The van der Waals surface area contributed by atoms with Crippen molar-refractivity contribution >= 4 is 27.9 Å². The van der Waals surface area contributed by atoms with Crippen LogP contribution < -0.4 is 4.74 Å². The second kappa shape index (κ2) is 10.3. The van der Waals surface area contributed by atoms with Gasteiger partial charge in [0.25, 0.3) is 0 Å². The molecule has 0 aliphatic heterocycles. The van der Waals surface area contributed by atoms with Crippen LogP contribution in [0.4, 0.5) is 0 Å². The predicted octanol–water partition coefficient (Wildman–Crippen LogP) is 6.36. The van der Waals surface area contributed by atoms with Gasteiger partial charge in [-0.05, 0) is 56.9 Å². The van der Waals surface area contributed by atoms with E-state index in [9.17, 15) is 4.79 Å². The Morgan fingerprint density at radius 1 is 1.07 bits per heavy atom. The summed E-state index contributed by atoms with van der Waals surface area (Å²) >= 11 is 3.52. The highest BCUT2D eigenvalue weighted by Gasteiger charge is 2.31. The van der Waals surface area contributed by atoms with Crippen LogP contribution in [-0.2, 0) is 4.79 Å². The van der Waals surface area contributed by atoms with Crippen molar-refractivity contribution in [1.82, 2.24) is 4.90 Å². The van der Waals surface area contributed by atoms with Gasteiger partial charge in [-0.15, -0.1) is 0 Å². The molecule has 0 saturated heterocycles. The number of ether oxygens (including phenoxy) is 1. The molecule has 0 aromatic heterocycles. The number of carbonyl (C=O) groups excluding carboxylic acids is 1. The molecule has 148 valence electrons. The van der Waals surface area contributed by atoms with Gasteiger partial charge >= 0.3 is 0 Å². The Labute approximate surface area is 172 Å². The highest BCUT2D eigenvalue weighted by Crippen LogP contribution is 2.31. The van der Waals surface area contributed by atoms with Gasteiger partial charge in [0.15, 0.2) is 0 Å². The number of amides is 1. The summed E-state index contributed by atoms with van der Waals surface area (Å²) in [5.41, 5.74) is 0.951. The van der Waals surface area contributed by atoms with Gasteiger partial charge in [0.1, 0.15) is 5.75 Å². The lowest BCUT2D eigenvalue weighted by Gasteiger charge is -2.41. The maximum absolute atomic E-state index is 13.3. The highest BCUT2D eigenvalue weighted by atomic mass is 79.9. The Kier molecular flexibility index (Phi) is 7.81. The molecule has 2 fully saturated rings. The van der Waals surface area contributed by atoms with E-state index in [1.807, 2.05) is 31.2 Å². The molecular formula is C23H32BrNO2. The molecule has 2 saturated carbocycles. The lowest BCUT2D eigenvalue weighted by atomic mass is 9.88. The largest absolute Gasteiger partial charge is 0.493 e. The first-order chi connectivity index (χ1) is 13.2. The minimum Gasteiger partial charge on any atom is -0.493 e. The van der Waals surface area contributed by atoms with Crippen molar-refractivity contribution in [2.24, 2.45) is 0 Å². The summed E-state index contributed by atoms with van der Waals surface area (Å²) in [5, 5.41) is 0. The number of nitrogens with zero attached hydrogens (tertiary/aromatic N) is 1. The summed E-state index contributed by atoms with van der Waals surface area (Å²) in [5.74, 6) is 1.00. The van der Waals surface area contributed by atoms with Gasteiger partial charge < -0.3 is 9.64 Å². The van der Waals surface area contributed by atoms with E-state index < -0.39 is 0 Å². The number of rotatable bonds is 6. The Hall–Kier alpha value is -1.29. The van der Waals surface area contributed by atoms with Crippen LogP contribution in [0.3, 0.4) is 0 Å². The quantitative estimate of drug-likeness (QED) is 0.488. The zero-order valence-electron chi connectivity index (χ0n) is 16.5. The molecule has 0 radical (unpaired) electrons. The molecule has 1 aromatic carbocycles. The molecule has 2 aliphatic carbocycles. The van der Waals surface area contributed by atoms with E-state index in [-0.39, 0.29) is 5.91 Å². The zero-order valence-corrected chi connectivity index (χ0v) is 18.0. The Bertz CT molecular complexity index is 628. The van der Waals surface area contributed by atoms with Gasteiger partial charge in [0.05, 0.1) is 6.61 Å². The fourth-order valence-corrected chi connectivity index (χ4v) is 4.94. The van der Waals surface area contributed by atoms with Crippen molar-refractivity contribution < 1.29 is 9.53 Å². The third-order valence-electron chi connectivity index (χ3n) is 5.87. The van der Waals surface area contributed by atoms with E-state index in [1.54, 1.807) is 6.08 Å². The van der Waals surface area contributed by atoms with E-state index in [0.717, 1.165) is 41.5 Å². The van der Waals surface area contributed by atoms with Crippen LogP contribution in [0, 0.1) is 0 Å². The number of hydrogen-bond donors (Lipinski definition) is 0. The topological polar surface area (TPSA) is 29.5 Å². The summed E-state index contributed by atoms with van der Waals surface area (Å²) in [4.78, 5) is 15.5. The summed E-state index contributed by atoms with van der Waals surface area (Å²) in [7, 11) is 0. The van der Waals surface area contributed by atoms with Crippen molar-refractivity contribution in [2.45, 2.75) is 83.2 Å². The van der Waals surface area contributed by atoms with Gasteiger partial charge in [-0.3, -0.25) is 4.79 Å². The zero-order chi connectivity index (χ0) is 19.1. The minimum atomic E-state index is 0.177. The molecule has 3 rings (SSSR count). The van der Waals surface area contributed by atoms with Gasteiger partial charge in [-0.1, -0.05) is 54.5 Å². The molecule has 4 heteroatoms. The number of benzene rings is 1. The maximum Gasteiger partial charge on any atom is 0.247 e. The smallest absolute Gasteiger partial charge is 0.247 e. The summed E-state index contributed by atoms with van der Waals surface area (Å²) in [6, 6.07) is 6.79. The molecule has 2 aliphatic rings. The van der Waals surface area contributed by atoms with Crippen molar-refractivity contribution in [3.8, 4) is 5.75 Å². The molecule has 0 heterocycles. The summed E-state index contributed by atoms with van der Waals surface area (Å²) in [6.07, 6.45) is 16.0. The van der Waals surface area contributed by atoms with E-state index in [0.29, 0.717) is 18.7 Å². The molecule has 3 nitrogen and oxygen atoms in total. The fourth-order valence-electron chi connectivity index (χ4n) is 4.56. The SMILES string of the molecule is CCOc1ccc(Br)cc1/C=C/C(=O)N(C1CCCCC1)C1CCCCC1. The van der Waals surface area contributed by atoms with Crippen molar-refractivity contribution in [3.05, 3.63) is 34.3 Å². The molecule has 0 atom stereocenters. The molecule has 0 bridgehead atoms. The second-order valence-corrected chi connectivity index (χ2v) is 8.69. The maximum atomic E-state index is 13.3. The normalized spacial score (nSPS) is 19.3. The highest BCUT2D eigenvalue weighted by molar-refractivity contribution is 9.10. The predicted molar refractivity (Wildman–Crippen MR) is 115 cm³/mol. The van der Waals surface area contributed by atoms with Crippen LogP contribution in [0.15, 0.2) is 28.7 Å². The monoisotopic (exact) mass is 433 g/mol. The lowest BCUT2D eigenvalue weighted by Crippen LogP contribution is -2.48. The number of hydrogen-bond acceptors (Lipinski definition) is 2. The minimum absolute atomic E-state index is 0.177. The average Bonchev–Trinajstić information content (AvgIpc) is 2.70. The van der Waals surface area contributed by atoms with E-state index in [4.69, 9.17) is 4.74 Å². The lowest BCUT2D eigenvalue weighted by molar-refractivity contribution is -0.132. The Morgan fingerprint density at radius 3 is 2.22 bits per heavy atom. The van der Waals surface area contributed by atoms with Crippen LogP contribution in [0.25, 0.3) is 6.08 Å². The second-order valence-electron chi connectivity index (χ2n) is 7.78. The fraction of sp³-hybridized carbons (Fsp3) is 0.609. The van der Waals surface area contributed by atoms with E-state index in [2.05, 4.69) is 20.8 Å². The van der Waals surface area contributed by atoms with Crippen LogP contribution >= 0.6 is 15.9 Å². The van der Waals surface area contributed by atoms with Gasteiger partial charge in [0.2, 0.25) is 5.91 Å². The molecule has 1 amide bonds. The number of halogens is 1. The van der Waals surface area contributed by atoms with E-state index >= 15 is 0 Å². The molecular weight excluding hydrogens is 402 g/mol. The average molecular weight is 434 g/mol. The summed E-state index contributed by atoms with van der Waals surface area (Å²) < 4.78 is 6.72. The molecule has 0 N–H and O–H groups in total. The van der Waals surface area contributed by atoms with Crippen LogP contribution in [0.5, 0.6) is 5.75 Å². The molecule has 0 unspecified atom stereocenters. The Balaban J connectivity index is 1.79. The molecule has 1 aromatic rings. The van der Waals surface area contributed by atoms with E-state index in [1.165, 1.54) is 38.5 Å². The Morgan fingerprint density at radius 2 is 1.67 bits per heavy atom. The molecule has 27 heavy (non-hydrogen) atoms. The van der Waals surface area contributed by atoms with Crippen LogP contribution in [0.2, 0.25) is 0 Å². The van der Waals surface area contributed by atoms with Gasteiger partial charge in [-0.2, -0.15) is 0 Å². The van der Waals surface area contributed by atoms with Crippen molar-refractivity contribution in [2.75, 3.05) is 6.61 Å². The van der Waals surface area contributed by atoms with Gasteiger partial charge in [0, 0.05) is 28.2 Å². The van der Waals surface area contributed by atoms with Crippen molar-refractivity contribution in [3.63, 3.8) is 0 Å².